The highest BCUT2D eigenvalue weighted by atomic mass is 16.3. The fourth-order valence-corrected chi connectivity index (χ4v) is 2.62. The summed E-state index contributed by atoms with van der Waals surface area (Å²) in [5.74, 6) is -0.147. The predicted octanol–water partition coefficient (Wildman–Crippen LogP) is 3.20. The van der Waals surface area contributed by atoms with Gasteiger partial charge in [0.05, 0.1) is 11.1 Å². The molecule has 1 heterocycles. The van der Waals surface area contributed by atoms with E-state index in [1.165, 1.54) is 23.1 Å². The van der Waals surface area contributed by atoms with Gasteiger partial charge in [0, 0.05) is 6.54 Å². The number of benzene rings is 1. The van der Waals surface area contributed by atoms with Gasteiger partial charge in [0.15, 0.2) is 0 Å². The molecule has 0 spiro atoms. The lowest BCUT2D eigenvalue weighted by molar-refractivity contribution is 0.0624. The maximum absolute atomic E-state index is 12.3. The molecule has 0 aromatic heterocycles. The Hall–Kier alpha value is -1.84. The Morgan fingerprint density at radius 1 is 1.15 bits per heavy atom. The number of fused-ring (bicyclic) bond motifs is 1. The van der Waals surface area contributed by atoms with E-state index in [1.54, 1.807) is 0 Å². The minimum absolute atomic E-state index is 0.0183. The monoisotopic (exact) mass is 275 g/mol. The van der Waals surface area contributed by atoms with Crippen molar-refractivity contribution in [3.05, 3.63) is 29.3 Å². The third-order valence-corrected chi connectivity index (χ3v) is 3.94. The number of imide groups is 1. The number of unbranched alkanes of at least 4 members (excludes halogenated alkanes) is 1. The predicted molar refractivity (Wildman–Crippen MR) is 76.8 cm³/mol. The second kappa shape index (κ2) is 6.07. The highest BCUT2D eigenvalue weighted by Crippen LogP contribution is 2.28. The molecule has 108 valence electrons. The van der Waals surface area contributed by atoms with Gasteiger partial charge < -0.3 is 5.11 Å². The third-order valence-electron chi connectivity index (χ3n) is 3.94. The molecule has 4 heteroatoms. The minimum Gasteiger partial charge on any atom is -0.508 e. The van der Waals surface area contributed by atoms with Crippen molar-refractivity contribution in [1.82, 2.24) is 4.90 Å². The SMILES string of the molecule is CCCCC(CC)CN1C(=O)c2ccc(O)cc2C1=O. The van der Waals surface area contributed by atoms with Gasteiger partial charge in [-0.25, -0.2) is 0 Å². The molecule has 0 saturated heterocycles. The Morgan fingerprint density at radius 3 is 2.50 bits per heavy atom. The van der Waals surface area contributed by atoms with E-state index in [2.05, 4.69) is 13.8 Å². The molecule has 0 radical (unpaired) electrons. The van der Waals surface area contributed by atoms with Gasteiger partial charge in [-0.1, -0.05) is 33.1 Å². The second-order valence-corrected chi connectivity index (χ2v) is 5.37. The van der Waals surface area contributed by atoms with Gasteiger partial charge in [0.1, 0.15) is 5.75 Å². The van der Waals surface area contributed by atoms with Gasteiger partial charge in [0.2, 0.25) is 0 Å². The van der Waals surface area contributed by atoms with E-state index in [-0.39, 0.29) is 17.6 Å². The van der Waals surface area contributed by atoms with Crippen LogP contribution in [0.2, 0.25) is 0 Å². The molecule has 1 aromatic carbocycles. The zero-order valence-electron chi connectivity index (χ0n) is 12.1. The van der Waals surface area contributed by atoms with E-state index in [0.29, 0.717) is 23.6 Å². The van der Waals surface area contributed by atoms with Crippen LogP contribution in [0.4, 0.5) is 0 Å². The van der Waals surface area contributed by atoms with Crippen LogP contribution < -0.4 is 0 Å². The number of hydrogen-bond donors (Lipinski definition) is 1. The van der Waals surface area contributed by atoms with E-state index >= 15 is 0 Å². The average molecular weight is 275 g/mol. The number of rotatable bonds is 6. The lowest BCUT2D eigenvalue weighted by atomic mass is 9.99. The van der Waals surface area contributed by atoms with Crippen molar-refractivity contribution >= 4 is 11.8 Å². The van der Waals surface area contributed by atoms with Crippen LogP contribution in [0.5, 0.6) is 5.75 Å². The highest BCUT2D eigenvalue weighted by Gasteiger charge is 2.36. The standard InChI is InChI=1S/C16H21NO3/c1-3-5-6-11(4-2)10-17-15(19)13-8-7-12(18)9-14(13)16(17)20/h7-9,11,18H,3-6,10H2,1-2H3. The molecule has 1 aromatic rings. The quantitative estimate of drug-likeness (QED) is 0.811. The number of nitrogens with zero attached hydrogens (tertiary/aromatic N) is 1. The molecule has 0 saturated carbocycles. The van der Waals surface area contributed by atoms with Crippen LogP contribution in [0.25, 0.3) is 0 Å². The Labute approximate surface area is 119 Å². The summed E-state index contributed by atoms with van der Waals surface area (Å²) < 4.78 is 0. The van der Waals surface area contributed by atoms with Crippen LogP contribution in [0, 0.1) is 5.92 Å². The summed E-state index contributed by atoms with van der Waals surface area (Å²) in [5, 5.41) is 9.45. The zero-order chi connectivity index (χ0) is 14.7. The van der Waals surface area contributed by atoms with Crippen LogP contribution in [-0.4, -0.2) is 28.4 Å². The fraction of sp³-hybridized carbons (Fsp3) is 0.500. The number of carbonyl (C=O) groups is 2. The van der Waals surface area contributed by atoms with Crippen LogP contribution in [-0.2, 0) is 0 Å². The minimum atomic E-state index is -0.282. The number of amides is 2. The molecule has 0 aliphatic carbocycles. The van der Waals surface area contributed by atoms with Crippen molar-refractivity contribution in [2.45, 2.75) is 39.5 Å². The van der Waals surface area contributed by atoms with Gasteiger partial charge in [-0.15, -0.1) is 0 Å². The Kier molecular flexibility index (Phi) is 4.42. The van der Waals surface area contributed by atoms with Crippen LogP contribution in [0.15, 0.2) is 18.2 Å². The van der Waals surface area contributed by atoms with Crippen molar-refractivity contribution < 1.29 is 14.7 Å². The highest BCUT2D eigenvalue weighted by molar-refractivity contribution is 6.21. The summed E-state index contributed by atoms with van der Waals surface area (Å²) in [6, 6.07) is 4.35. The molecular formula is C16H21NO3. The average Bonchev–Trinajstić information content (AvgIpc) is 2.67. The van der Waals surface area contributed by atoms with Crippen molar-refractivity contribution in [3.8, 4) is 5.75 Å². The fourth-order valence-electron chi connectivity index (χ4n) is 2.62. The molecule has 1 atom stereocenters. The molecular weight excluding hydrogens is 254 g/mol. The van der Waals surface area contributed by atoms with Gasteiger partial charge in [-0.3, -0.25) is 14.5 Å². The lowest BCUT2D eigenvalue weighted by Gasteiger charge is -2.21. The molecule has 1 unspecified atom stereocenters. The molecule has 2 amide bonds. The first kappa shape index (κ1) is 14.6. The number of carbonyl (C=O) groups excluding carboxylic acids is 2. The van der Waals surface area contributed by atoms with Crippen molar-refractivity contribution in [2.24, 2.45) is 5.92 Å². The lowest BCUT2D eigenvalue weighted by Crippen LogP contribution is -2.34. The number of aromatic hydroxyl groups is 1. The van der Waals surface area contributed by atoms with E-state index in [1.807, 2.05) is 0 Å². The first-order valence-corrected chi connectivity index (χ1v) is 7.27. The van der Waals surface area contributed by atoms with Crippen LogP contribution in [0.3, 0.4) is 0 Å². The molecule has 1 N–H and O–H groups in total. The summed E-state index contributed by atoms with van der Waals surface area (Å²) in [6.07, 6.45) is 4.22. The second-order valence-electron chi connectivity index (χ2n) is 5.37. The number of phenols is 1. The summed E-state index contributed by atoms with van der Waals surface area (Å²) >= 11 is 0. The van der Waals surface area contributed by atoms with E-state index in [0.717, 1.165) is 25.7 Å². The molecule has 4 nitrogen and oxygen atoms in total. The molecule has 0 fully saturated rings. The largest absolute Gasteiger partial charge is 0.508 e. The van der Waals surface area contributed by atoms with Gasteiger partial charge in [0.25, 0.3) is 11.8 Å². The van der Waals surface area contributed by atoms with E-state index in [4.69, 9.17) is 0 Å². The van der Waals surface area contributed by atoms with Crippen molar-refractivity contribution in [3.63, 3.8) is 0 Å². The Bertz CT molecular complexity index is 524. The molecule has 20 heavy (non-hydrogen) atoms. The summed E-state index contributed by atoms with van der Waals surface area (Å²) in [6.45, 7) is 4.70. The summed E-state index contributed by atoms with van der Waals surface area (Å²) in [7, 11) is 0. The molecule has 1 aliphatic heterocycles. The summed E-state index contributed by atoms with van der Waals surface area (Å²) in [4.78, 5) is 25.9. The first-order valence-electron chi connectivity index (χ1n) is 7.27. The molecule has 0 bridgehead atoms. The number of phenolic OH excluding ortho intramolecular Hbond substituents is 1. The zero-order valence-corrected chi connectivity index (χ0v) is 12.1. The smallest absolute Gasteiger partial charge is 0.261 e. The summed E-state index contributed by atoms with van der Waals surface area (Å²) in [5.41, 5.74) is 0.721. The van der Waals surface area contributed by atoms with Gasteiger partial charge in [-0.2, -0.15) is 0 Å². The third kappa shape index (κ3) is 2.69. The first-order chi connectivity index (χ1) is 9.58. The maximum Gasteiger partial charge on any atom is 0.261 e. The van der Waals surface area contributed by atoms with Crippen LogP contribution in [0.1, 0.15) is 60.2 Å². The topological polar surface area (TPSA) is 57.6 Å². The van der Waals surface area contributed by atoms with E-state index in [9.17, 15) is 14.7 Å². The van der Waals surface area contributed by atoms with Crippen molar-refractivity contribution in [2.75, 3.05) is 6.54 Å². The Balaban J connectivity index is 2.15. The maximum atomic E-state index is 12.3. The van der Waals surface area contributed by atoms with Crippen molar-refractivity contribution in [1.29, 1.82) is 0 Å². The normalized spacial score (nSPS) is 15.6. The van der Waals surface area contributed by atoms with E-state index < -0.39 is 0 Å². The van der Waals surface area contributed by atoms with Gasteiger partial charge >= 0.3 is 0 Å². The molecule has 1 aliphatic rings. The van der Waals surface area contributed by atoms with Crippen LogP contribution >= 0.6 is 0 Å². The number of hydrogen-bond acceptors (Lipinski definition) is 3. The molecule has 2 rings (SSSR count). The Morgan fingerprint density at radius 2 is 1.85 bits per heavy atom. The van der Waals surface area contributed by atoms with Gasteiger partial charge in [-0.05, 0) is 30.5 Å².